The van der Waals surface area contributed by atoms with Crippen LogP contribution in [0.5, 0.6) is 0 Å². The molecule has 1 N–H and O–H groups in total. The van der Waals surface area contributed by atoms with Crippen molar-refractivity contribution in [2.24, 2.45) is 9.39 Å². The van der Waals surface area contributed by atoms with Crippen LogP contribution in [0.25, 0.3) is 6.08 Å². The van der Waals surface area contributed by atoms with Crippen LogP contribution in [0.4, 0.5) is 0 Å². The van der Waals surface area contributed by atoms with E-state index in [4.69, 9.17) is 9.83 Å². The number of nitrogens with one attached hydrogen (secondary N) is 1. The highest BCUT2D eigenvalue weighted by atomic mass is 79.9. The van der Waals surface area contributed by atoms with E-state index in [1.807, 2.05) is 13.8 Å². The summed E-state index contributed by atoms with van der Waals surface area (Å²) in [6.07, 6.45) is 1.52. The first-order valence-electron chi connectivity index (χ1n) is 6.36. The molecule has 1 aromatic heterocycles. The van der Waals surface area contributed by atoms with Crippen molar-refractivity contribution in [3.8, 4) is 0 Å². The van der Waals surface area contributed by atoms with Crippen molar-refractivity contribution in [3.63, 3.8) is 0 Å². The van der Waals surface area contributed by atoms with Crippen LogP contribution in [0.3, 0.4) is 0 Å². The lowest BCUT2D eigenvalue weighted by Crippen LogP contribution is -2.41. The van der Waals surface area contributed by atoms with Crippen molar-refractivity contribution in [2.75, 3.05) is 0 Å². The van der Waals surface area contributed by atoms with Gasteiger partial charge in [-0.1, -0.05) is 25.6 Å². The summed E-state index contributed by atoms with van der Waals surface area (Å²) in [6, 6.07) is 3.44. The molecule has 0 saturated heterocycles. The van der Waals surface area contributed by atoms with Crippen molar-refractivity contribution in [1.82, 2.24) is 4.90 Å². The van der Waals surface area contributed by atoms with Crippen LogP contribution in [0, 0.1) is 5.41 Å². The molecule has 1 amide bonds. The van der Waals surface area contributed by atoms with Crippen molar-refractivity contribution < 1.29 is 9.21 Å². The quantitative estimate of drug-likeness (QED) is 0.605. The highest BCUT2D eigenvalue weighted by molar-refractivity contribution is 9.10. The van der Waals surface area contributed by atoms with Crippen molar-refractivity contribution in [1.29, 1.82) is 5.41 Å². The second-order valence-electron chi connectivity index (χ2n) is 4.72. The van der Waals surface area contributed by atoms with Gasteiger partial charge in [0.25, 0.3) is 5.91 Å². The van der Waals surface area contributed by atoms with Crippen LogP contribution in [-0.2, 0) is 4.79 Å². The van der Waals surface area contributed by atoms with Crippen LogP contribution in [0.2, 0.25) is 0 Å². The topological polar surface area (TPSA) is 82.0 Å². The number of carbonyl (C=O) groups excluding carboxylic acids is 1. The molecule has 0 spiro atoms. The van der Waals surface area contributed by atoms with Crippen LogP contribution in [0.1, 0.15) is 19.6 Å². The Morgan fingerprint density at radius 2 is 2.27 bits per heavy atom. The van der Waals surface area contributed by atoms with Gasteiger partial charge in [-0.25, -0.2) is 4.90 Å². The van der Waals surface area contributed by atoms with Gasteiger partial charge in [-0.3, -0.25) is 10.2 Å². The predicted molar refractivity (Wildman–Crippen MR) is 94.1 cm³/mol. The molecule has 0 radical (unpaired) electrons. The minimum Gasteiger partial charge on any atom is -0.450 e. The van der Waals surface area contributed by atoms with Crippen LogP contribution in [0.15, 0.2) is 36.2 Å². The van der Waals surface area contributed by atoms with Gasteiger partial charge in [-0.15, -0.1) is 0 Å². The third-order valence-electron chi connectivity index (χ3n) is 2.72. The summed E-state index contributed by atoms with van der Waals surface area (Å²) in [7, 11) is 0. The molecule has 1 aromatic rings. The van der Waals surface area contributed by atoms with E-state index >= 15 is 0 Å². The predicted octanol–water partition coefficient (Wildman–Crippen LogP) is 3.76. The molecule has 22 heavy (non-hydrogen) atoms. The lowest BCUT2D eigenvalue weighted by Gasteiger charge is -2.24. The standard InChI is InChI=1S/C13H11BrN4O2S2/c1-6(2)21-13-17-22-12-16-11(19)8(10(15)18(12)13)5-7-3-4-9(14)20-7/h3-6,15H,1-2H3/b8-5-,15-10?. The summed E-state index contributed by atoms with van der Waals surface area (Å²) in [6.45, 7) is 4.09. The Bertz CT molecular complexity index is 751. The molecule has 0 aromatic carbocycles. The number of hydrogen-bond donors (Lipinski definition) is 1. The highest BCUT2D eigenvalue weighted by Gasteiger charge is 2.37. The molecule has 2 aliphatic rings. The number of halogens is 1. The maximum absolute atomic E-state index is 12.1. The third kappa shape index (κ3) is 2.92. The fourth-order valence-corrected chi connectivity index (χ4v) is 3.83. The lowest BCUT2D eigenvalue weighted by molar-refractivity contribution is -0.114. The Balaban J connectivity index is 1.95. The molecule has 3 heterocycles. The molecular formula is C13H11BrN4O2S2. The molecule has 9 heteroatoms. The zero-order valence-electron chi connectivity index (χ0n) is 11.7. The van der Waals surface area contributed by atoms with E-state index in [0.29, 0.717) is 26.0 Å². The van der Waals surface area contributed by atoms with Gasteiger partial charge in [0.15, 0.2) is 9.84 Å². The largest absolute Gasteiger partial charge is 0.450 e. The summed E-state index contributed by atoms with van der Waals surface area (Å²) in [5, 5.41) is 9.74. The molecule has 0 saturated carbocycles. The Hall–Kier alpha value is -1.32. The number of thioether (sulfide) groups is 1. The summed E-state index contributed by atoms with van der Waals surface area (Å²) < 4.78 is 10.2. The fraction of sp³-hybridized carbons (Fsp3) is 0.231. The van der Waals surface area contributed by atoms with Crippen molar-refractivity contribution in [3.05, 3.63) is 28.1 Å². The molecular weight excluding hydrogens is 388 g/mol. The molecule has 0 unspecified atom stereocenters. The normalized spacial score (nSPS) is 19.8. The number of amidine groups is 3. The van der Waals surface area contributed by atoms with Gasteiger partial charge in [0.2, 0.25) is 5.17 Å². The summed E-state index contributed by atoms with van der Waals surface area (Å²) in [5.41, 5.74) is 0.185. The van der Waals surface area contributed by atoms with E-state index in [0.717, 1.165) is 11.9 Å². The first kappa shape index (κ1) is 15.6. The zero-order chi connectivity index (χ0) is 15.9. The SMILES string of the molecule is CC(C)SC1=NSC2=NC(=O)/C(=C\c3ccc(Br)o3)C(=N)N21. The smallest absolute Gasteiger partial charge is 0.283 e. The minimum atomic E-state index is -0.456. The number of nitrogens with zero attached hydrogens (tertiary/aromatic N) is 3. The summed E-state index contributed by atoms with van der Waals surface area (Å²) in [5.74, 6) is 0.0992. The average molecular weight is 399 g/mol. The van der Waals surface area contributed by atoms with E-state index in [9.17, 15) is 4.79 Å². The Morgan fingerprint density at radius 1 is 1.50 bits per heavy atom. The first-order valence-corrected chi connectivity index (χ1v) is 8.81. The second kappa shape index (κ2) is 6.05. The van der Waals surface area contributed by atoms with Crippen LogP contribution in [-0.4, -0.2) is 32.2 Å². The number of aliphatic imine (C=N–C) groups is 1. The summed E-state index contributed by atoms with van der Waals surface area (Å²) >= 11 is 5.86. The first-order chi connectivity index (χ1) is 10.5. The fourth-order valence-electron chi connectivity index (χ4n) is 1.84. The van der Waals surface area contributed by atoms with Crippen LogP contribution < -0.4 is 0 Å². The van der Waals surface area contributed by atoms with Crippen molar-refractivity contribution in [2.45, 2.75) is 19.1 Å². The van der Waals surface area contributed by atoms with Gasteiger partial charge in [-0.2, -0.15) is 9.39 Å². The zero-order valence-corrected chi connectivity index (χ0v) is 14.9. The monoisotopic (exact) mass is 398 g/mol. The number of rotatable bonds is 2. The van der Waals surface area contributed by atoms with Crippen LogP contribution >= 0.6 is 39.6 Å². The molecule has 0 bridgehead atoms. The Kier molecular flexibility index (Phi) is 4.28. The molecule has 2 aliphatic heterocycles. The van der Waals surface area contributed by atoms with Gasteiger partial charge in [0.1, 0.15) is 11.6 Å². The molecule has 0 fully saturated rings. The highest BCUT2D eigenvalue weighted by Crippen LogP contribution is 2.33. The minimum absolute atomic E-state index is 0.0689. The number of carbonyl (C=O) groups is 1. The van der Waals surface area contributed by atoms with E-state index < -0.39 is 5.91 Å². The molecule has 0 aliphatic carbocycles. The Morgan fingerprint density at radius 3 is 2.91 bits per heavy atom. The number of fused-ring (bicyclic) bond motifs is 1. The number of hydrogen-bond acceptors (Lipinski definition) is 6. The molecule has 3 rings (SSSR count). The van der Waals surface area contributed by atoms with E-state index in [1.54, 1.807) is 17.0 Å². The average Bonchev–Trinajstić information content (AvgIpc) is 3.01. The van der Waals surface area contributed by atoms with E-state index in [1.165, 1.54) is 17.8 Å². The Labute approximate surface area is 143 Å². The molecule has 114 valence electrons. The van der Waals surface area contributed by atoms with Gasteiger partial charge < -0.3 is 4.42 Å². The molecule has 0 atom stereocenters. The lowest BCUT2D eigenvalue weighted by atomic mass is 10.1. The van der Waals surface area contributed by atoms with Gasteiger partial charge >= 0.3 is 0 Å². The number of amides is 1. The van der Waals surface area contributed by atoms with Gasteiger partial charge in [0, 0.05) is 5.25 Å². The number of furan rings is 1. The maximum atomic E-state index is 12.1. The van der Waals surface area contributed by atoms with Gasteiger partial charge in [0.05, 0.1) is 17.5 Å². The second-order valence-corrected chi connectivity index (χ2v) is 7.77. The van der Waals surface area contributed by atoms with Crippen molar-refractivity contribution >= 4 is 67.8 Å². The van der Waals surface area contributed by atoms with E-state index in [-0.39, 0.29) is 11.4 Å². The maximum Gasteiger partial charge on any atom is 0.283 e. The van der Waals surface area contributed by atoms with E-state index in [2.05, 4.69) is 25.3 Å². The third-order valence-corrected chi connectivity index (χ3v) is 4.92. The van der Waals surface area contributed by atoms with Gasteiger partial charge in [-0.05, 0) is 34.1 Å². The summed E-state index contributed by atoms with van der Waals surface area (Å²) in [4.78, 5) is 17.8. The molecule has 6 nitrogen and oxygen atoms in total.